The molecule has 1 aliphatic rings. The van der Waals surface area contributed by atoms with E-state index >= 15 is 0 Å². The molecule has 0 unspecified atom stereocenters. The Labute approximate surface area is 181 Å². The van der Waals surface area contributed by atoms with Gasteiger partial charge in [-0.3, -0.25) is 4.79 Å². The number of ether oxygens (including phenoxy) is 2. The topological polar surface area (TPSA) is 84.9 Å². The monoisotopic (exact) mass is 438 g/mol. The number of nitrogens with zero attached hydrogens (tertiary/aromatic N) is 1. The van der Waals surface area contributed by atoms with Gasteiger partial charge in [0.25, 0.3) is 0 Å². The van der Waals surface area contributed by atoms with Gasteiger partial charge < -0.3 is 14.8 Å². The van der Waals surface area contributed by atoms with E-state index in [9.17, 15) is 13.2 Å². The lowest BCUT2D eigenvalue weighted by molar-refractivity contribution is -0.116. The molecule has 8 heteroatoms. The number of anilines is 1. The molecule has 0 saturated heterocycles. The predicted octanol–water partition coefficient (Wildman–Crippen LogP) is 3.29. The van der Waals surface area contributed by atoms with E-state index in [2.05, 4.69) is 5.32 Å². The van der Waals surface area contributed by atoms with E-state index in [0.29, 0.717) is 30.4 Å². The van der Waals surface area contributed by atoms with Gasteiger partial charge in [-0.2, -0.15) is 4.31 Å². The normalized spacial score (nSPS) is 13.1. The fourth-order valence-corrected chi connectivity index (χ4v) is 4.63. The first kappa shape index (κ1) is 20.9. The number of rotatable bonds is 7. The molecule has 0 bridgehead atoms. The molecule has 0 radical (unpaired) electrons. The predicted molar refractivity (Wildman–Crippen MR) is 117 cm³/mol. The SMILES string of the molecule is O=C(CN(Cc1ccccc1)S(=O)(=O)c1ccc2c(c1)OCCO2)Nc1ccccc1. The van der Waals surface area contributed by atoms with Crippen molar-refractivity contribution in [1.82, 2.24) is 4.31 Å². The van der Waals surface area contributed by atoms with Crippen LogP contribution in [0, 0.1) is 0 Å². The van der Waals surface area contributed by atoms with Gasteiger partial charge in [-0.05, 0) is 29.8 Å². The minimum Gasteiger partial charge on any atom is -0.486 e. The Balaban J connectivity index is 1.61. The van der Waals surface area contributed by atoms with Crippen LogP contribution < -0.4 is 14.8 Å². The van der Waals surface area contributed by atoms with Crippen LogP contribution in [0.4, 0.5) is 5.69 Å². The van der Waals surface area contributed by atoms with Gasteiger partial charge in [0.1, 0.15) is 13.2 Å². The molecule has 1 amide bonds. The molecule has 160 valence electrons. The van der Waals surface area contributed by atoms with Crippen LogP contribution in [-0.2, 0) is 21.4 Å². The first-order valence-electron chi connectivity index (χ1n) is 9.81. The van der Waals surface area contributed by atoms with Gasteiger partial charge in [0.15, 0.2) is 11.5 Å². The Hall–Kier alpha value is -3.36. The van der Waals surface area contributed by atoms with Gasteiger partial charge >= 0.3 is 0 Å². The molecule has 1 N–H and O–H groups in total. The third-order valence-electron chi connectivity index (χ3n) is 4.73. The lowest BCUT2D eigenvalue weighted by atomic mass is 10.2. The van der Waals surface area contributed by atoms with E-state index in [1.165, 1.54) is 12.1 Å². The summed E-state index contributed by atoms with van der Waals surface area (Å²) in [4.78, 5) is 12.7. The first-order valence-corrected chi connectivity index (χ1v) is 11.2. The van der Waals surface area contributed by atoms with Crippen molar-refractivity contribution in [2.24, 2.45) is 0 Å². The number of para-hydroxylation sites is 1. The van der Waals surface area contributed by atoms with Crippen LogP contribution in [0.1, 0.15) is 5.56 Å². The summed E-state index contributed by atoms with van der Waals surface area (Å²) in [5, 5.41) is 2.74. The molecule has 7 nitrogen and oxygen atoms in total. The highest BCUT2D eigenvalue weighted by Gasteiger charge is 2.28. The second-order valence-electron chi connectivity index (χ2n) is 6.98. The zero-order valence-electron chi connectivity index (χ0n) is 16.7. The maximum absolute atomic E-state index is 13.5. The number of sulfonamides is 1. The molecule has 0 fully saturated rings. The van der Waals surface area contributed by atoms with E-state index in [-0.39, 0.29) is 18.0 Å². The summed E-state index contributed by atoms with van der Waals surface area (Å²) in [5.41, 5.74) is 1.38. The van der Waals surface area contributed by atoms with E-state index in [4.69, 9.17) is 9.47 Å². The van der Waals surface area contributed by atoms with Crippen molar-refractivity contribution in [2.75, 3.05) is 25.1 Å². The first-order chi connectivity index (χ1) is 15.0. The Morgan fingerprint density at radius 2 is 1.52 bits per heavy atom. The lowest BCUT2D eigenvalue weighted by Crippen LogP contribution is -2.37. The maximum atomic E-state index is 13.5. The second kappa shape index (κ2) is 9.20. The fourth-order valence-electron chi connectivity index (χ4n) is 3.23. The molecule has 3 aromatic carbocycles. The zero-order valence-corrected chi connectivity index (χ0v) is 17.5. The molecular weight excluding hydrogens is 416 g/mol. The van der Waals surface area contributed by atoms with Crippen molar-refractivity contribution in [3.63, 3.8) is 0 Å². The van der Waals surface area contributed by atoms with Gasteiger partial charge in [-0.25, -0.2) is 8.42 Å². The number of hydrogen-bond donors (Lipinski definition) is 1. The molecule has 0 aromatic heterocycles. The minimum atomic E-state index is -3.98. The molecule has 31 heavy (non-hydrogen) atoms. The molecule has 0 spiro atoms. The van der Waals surface area contributed by atoms with Crippen LogP contribution in [0.5, 0.6) is 11.5 Å². The van der Waals surface area contributed by atoms with Crippen LogP contribution in [0.2, 0.25) is 0 Å². The summed E-state index contributed by atoms with van der Waals surface area (Å²) >= 11 is 0. The number of carbonyl (C=O) groups excluding carboxylic acids is 1. The number of hydrogen-bond acceptors (Lipinski definition) is 5. The third-order valence-corrected chi connectivity index (χ3v) is 6.52. The van der Waals surface area contributed by atoms with Gasteiger partial charge in [0, 0.05) is 18.3 Å². The van der Waals surface area contributed by atoms with Crippen molar-refractivity contribution < 1.29 is 22.7 Å². The molecule has 1 heterocycles. The lowest BCUT2D eigenvalue weighted by Gasteiger charge is -2.24. The number of benzene rings is 3. The summed E-state index contributed by atoms with van der Waals surface area (Å²) in [7, 11) is -3.98. The Bertz CT molecular complexity index is 1150. The fraction of sp³-hybridized carbons (Fsp3) is 0.174. The van der Waals surface area contributed by atoms with E-state index in [0.717, 1.165) is 9.87 Å². The van der Waals surface area contributed by atoms with E-state index in [1.54, 1.807) is 30.3 Å². The average molecular weight is 439 g/mol. The van der Waals surface area contributed by atoms with Crippen molar-refractivity contribution in [3.8, 4) is 11.5 Å². The highest BCUT2D eigenvalue weighted by atomic mass is 32.2. The molecule has 4 rings (SSSR count). The van der Waals surface area contributed by atoms with E-state index in [1.807, 2.05) is 36.4 Å². The van der Waals surface area contributed by atoms with Crippen molar-refractivity contribution in [3.05, 3.63) is 84.4 Å². The number of carbonyl (C=O) groups is 1. The van der Waals surface area contributed by atoms with Crippen LogP contribution in [0.3, 0.4) is 0 Å². The molecule has 3 aromatic rings. The average Bonchev–Trinajstić information content (AvgIpc) is 2.79. The molecule has 0 aliphatic carbocycles. The smallest absolute Gasteiger partial charge is 0.243 e. The van der Waals surface area contributed by atoms with Crippen LogP contribution in [-0.4, -0.2) is 38.4 Å². The van der Waals surface area contributed by atoms with Crippen LogP contribution >= 0.6 is 0 Å². The highest BCUT2D eigenvalue weighted by Crippen LogP contribution is 2.33. The largest absolute Gasteiger partial charge is 0.486 e. The highest BCUT2D eigenvalue weighted by molar-refractivity contribution is 7.89. The quantitative estimate of drug-likeness (QED) is 0.612. The van der Waals surface area contributed by atoms with Crippen LogP contribution in [0.25, 0.3) is 0 Å². The summed E-state index contributed by atoms with van der Waals surface area (Å²) in [6, 6.07) is 22.6. The van der Waals surface area contributed by atoms with Gasteiger partial charge in [0.2, 0.25) is 15.9 Å². The van der Waals surface area contributed by atoms with Gasteiger partial charge in [-0.1, -0.05) is 48.5 Å². The molecule has 0 atom stereocenters. The van der Waals surface area contributed by atoms with Crippen molar-refractivity contribution in [2.45, 2.75) is 11.4 Å². The summed E-state index contributed by atoms with van der Waals surface area (Å²) in [6.45, 7) is 0.489. The Morgan fingerprint density at radius 1 is 0.871 bits per heavy atom. The maximum Gasteiger partial charge on any atom is 0.243 e. The van der Waals surface area contributed by atoms with E-state index < -0.39 is 15.9 Å². The number of fused-ring (bicyclic) bond motifs is 1. The van der Waals surface area contributed by atoms with Gasteiger partial charge in [-0.15, -0.1) is 0 Å². The van der Waals surface area contributed by atoms with Crippen LogP contribution in [0.15, 0.2) is 83.8 Å². The number of nitrogens with one attached hydrogen (secondary N) is 1. The summed E-state index contributed by atoms with van der Waals surface area (Å²) in [6.07, 6.45) is 0. The Morgan fingerprint density at radius 3 is 2.23 bits per heavy atom. The summed E-state index contributed by atoms with van der Waals surface area (Å²) < 4.78 is 39.1. The zero-order chi connectivity index (χ0) is 21.7. The minimum absolute atomic E-state index is 0.0418. The summed E-state index contributed by atoms with van der Waals surface area (Å²) in [5.74, 6) is 0.450. The second-order valence-corrected chi connectivity index (χ2v) is 8.92. The van der Waals surface area contributed by atoms with Gasteiger partial charge in [0.05, 0.1) is 11.4 Å². The number of amides is 1. The van der Waals surface area contributed by atoms with Crippen molar-refractivity contribution in [1.29, 1.82) is 0 Å². The standard InChI is InChI=1S/C23H22N2O5S/c26-23(24-19-9-5-2-6-10-19)17-25(16-18-7-3-1-4-8-18)31(27,28)20-11-12-21-22(15-20)30-14-13-29-21/h1-12,15H,13-14,16-17H2,(H,24,26). The Kier molecular flexibility index (Phi) is 6.20. The van der Waals surface area contributed by atoms with Crippen molar-refractivity contribution >= 4 is 21.6 Å². The molecule has 0 saturated carbocycles. The molecular formula is C23H22N2O5S. The molecule has 1 aliphatic heterocycles. The third kappa shape index (κ3) is 5.04.